The third kappa shape index (κ3) is 1.94. The van der Waals surface area contributed by atoms with Crippen LogP contribution < -0.4 is 5.73 Å². The predicted molar refractivity (Wildman–Crippen MR) is 70.7 cm³/mol. The summed E-state index contributed by atoms with van der Waals surface area (Å²) in [4.78, 5) is 0. The van der Waals surface area contributed by atoms with Gasteiger partial charge in [0.1, 0.15) is 11.6 Å². The van der Waals surface area contributed by atoms with E-state index in [1.165, 1.54) is 24.3 Å². The van der Waals surface area contributed by atoms with E-state index in [1.807, 2.05) is 0 Å². The van der Waals surface area contributed by atoms with Crippen LogP contribution in [-0.2, 0) is 5.41 Å². The van der Waals surface area contributed by atoms with Gasteiger partial charge < -0.3 is 5.73 Å². The molecule has 98 valence electrons. The number of rotatable bonds is 3. The fourth-order valence-corrected chi connectivity index (χ4v) is 2.98. The van der Waals surface area contributed by atoms with Crippen molar-refractivity contribution in [1.82, 2.24) is 0 Å². The average molecular weight is 259 g/mol. The van der Waals surface area contributed by atoms with Gasteiger partial charge in [-0.25, -0.2) is 8.78 Å². The number of nitrogens with two attached hydrogens (primary N) is 1. The molecule has 0 radical (unpaired) electrons. The van der Waals surface area contributed by atoms with Gasteiger partial charge in [-0.15, -0.1) is 0 Å². The van der Waals surface area contributed by atoms with Gasteiger partial charge >= 0.3 is 0 Å². The Morgan fingerprint density at radius 2 is 1.32 bits per heavy atom. The van der Waals surface area contributed by atoms with Crippen LogP contribution in [0.3, 0.4) is 0 Å². The van der Waals surface area contributed by atoms with Crippen LogP contribution in [0.15, 0.2) is 48.5 Å². The summed E-state index contributed by atoms with van der Waals surface area (Å²) in [5.41, 5.74) is 7.73. The van der Waals surface area contributed by atoms with Crippen LogP contribution in [0.1, 0.15) is 17.5 Å². The zero-order valence-electron chi connectivity index (χ0n) is 10.4. The van der Waals surface area contributed by atoms with Crippen molar-refractivity contribution in [2.24, 2.45) is 11.7 Å². The highest BCUT2D eigenvalue weighted by Gasteiger charge is 2.55. The van der Waals surface area contributed by atoms with Gasteiger partial charge in [0.2, 0.25) is 0 Å². The summed E-state index contributed by atoms with van der Waals surface area (Å²) in [6.07, 6.45) is 0.931. The summed E-state index contributed by atoms with van der Waals surface area (Å²) < 4.78 is 26.1. The Kier molecular flexibility index (Phi) is 2.86. The second-order valence-electron chi connectivity index (χ2n) is 5.12. The summed E-state index contributed by atoms with van der Waals surface area (Å²) >= 11 is 0. The minimum Gasteiger partial charge on any atom is -0.330 e. The van der Waals surface area contributed by atoms with Crippen LogP contribution in [0, 0.1) is 17.6 Å². The van der Waals surface area contributed by atoms with Crippen molar-refractivity contribution in [1.29, 1.82) is 0 Å². The Morgan fingerprint density at radius 1 is 0.895 bits per heavy atom. The lowest BCUT2D eigenvalue weighted by Gasteiger charge is -2.18. The molecule has 1 nitrogen and oxygen atoms in total. The Hall–Kier alpha value is -1.74. The molecular weight excluding hydrogens is 244 g/mol. The monoisotopic (exact) mass is 259 g/mol. The molecule has 3 heteroatoms. The molecule has 2 aromatic carbocycles. The fraction of sp³-hybridized carbons (Fsp3) is 0.250. The Morgan fingerprint density at radius 3 is 1.63 bits per heavy atom. The van der Waals surface area contributed by atoms with Gasteiger partial charge in [0.15, 0.2) is 0 Å². The Labute approximate surface area is 111 Å². The number of halogens is 2. The predicted octanol–water partition coefficient (Wildman–Crippen LogP) is 3.23. The van der Waals surface area contributed by atoms with Gasteiger partial charge in [-0.05, 0) is 54.3 Å². The third-order valence-corrected chi connectivity index (χ3v) is 4.11. The van der Waals surface area contributed by atoms with Crippen molar-refractivity contribution >= 4 is 0 Å². The lowest BCUT2D eigenvalue weighted by atomic mass is 9.85. The highest BCUT2D eigenvalue weighted by molar-refractivity contribution is 5.47. The molecule has 1 atom stereocenters. The smallest absolute Gasteiger partial charge is 0.123 e. The summed E-state index contributed by atoms with van der Waals surface area (Å²) in [5, 5.41) is 0. The average Bonchev–Trinajstić information content (AvgIpc) is 3.16. The van der Waals surface area contributed by atoms with Gasteiger partial charge in [-0.1, -0.05) is 24.3 Å². The van der Waals surface area contributed by atoms with Crippen LogP contribution in [-0.4, -0.2) is 6.54 Å². The van der Waals surface area contributed by atoms with E-state index in [1.54, 1.807) is 24.3 Å². The first-order chi connectivity index (χ1) is 9.16. The number of hydrogen-bond acceptors (Lipinski definition) is 1. The van der Waals surface area contributed by atoms with E-state index in [2.05, 4.69) is 0 Å². The van der Waals surface area contributed by atoms with Crippen molar-refractivity contribution < 1.29 is 8.78 Å². The van der Waals surface area contributed by atoms with Crippen LogP contribution in [0.2, 0.25) is 0 Å². The SMILES string of the molecule is NCC1CC1(c1ccc(F)cc1)c1ccc(F)cc1. The number of benzene rings is 2. The molecule has 1 fully saturated rings. The molecule has 1 saturated carbocycles. The Bertz CT molecular complexity index is 529. The third-order valence-electron chi connectivity index (χ3n) is 4.11. The topological polar surface area (TPSA) is 26.0 Å². The van der Waals surface area contributed by atoms with Gasteiger partial charge in [0.05, 0.1) is 0 Å². The van der Waals surface area contributed by atoms with E-state index in [0.717, 1.165) is 17.5 Å². The second-order valence-corrected chi connectivity index (χ2v) is 5.12. The maximum absolute atomic E-state index is 13.1. The Balaban J connectivity index is 2.05. The molecule has 0 heterocycles. The van der Waals surface area contributed by atoms with Crippen LogP contribution in [0.25, 0.3) is 0 Å². The summed E-state index contributed by atoms with van der Waals surface area (Å²) in [7, 11) is 0. The normalized spacial score (nSPS) is 20.3. The van der Waals surface area contributed by atoms with Crippen molar-refractivity contribution in [3.63, 3.8) is 0 Å². The molecule has 0 saturated heterocycles. The largest absolute Gasteiger partial charge is 0.330 e. The van der Waals surface area contributed by atoms with Gasteiger partial charge in [-0.2, -0.15) is 0 Å². The lowest BCUT2D eigenvalue weighted by Crippen LogP contribution is -2.17. The van der Waals surface area contributed by atoms with Crippen LogP contribution in [0.4, 0.5) is 8.78 Å². The fourth-order valence-electron chi connectivity index (χ4n) is 2.98. The molecule has 1 aliphatic rings. The molecule has 2 aromatic rings. The summed E-state index contributed by atoms with van der Waals surface area (Å²) in [6, 6.07) is 13.1. The van der Waals surface area contributed by atoms with Gasteiger partial charge in [-0.3, -0.25) is 0 Å². The minimum atomic E-state index is -0.247. The number of hydrogen-bond donors (Lipinski definition) is 1. The lowest BCUT2D eigenvalue weighted by molar-refractivity contribution is 0.621. The minimum absolute atomic E-state index is 0.170. The van der Waals surface area contributed by atoms with Crippen LogP contribution in [0.5, 0.6) is 0 Å². The summed E-state index contributed by atoms with van der Waals surface area (Å²) in [5.74, 6) is -0.158. The molecule has 0 spiro atoms. The maximum atomic E-state index is 13.1. The van der Waals surface area contributed by atoms with Gasteiger partial charge in [0.25, 0.3) is 0 Å². The molecule has 0 aromatic heterocycles. The molecule has 1 unspecified atom stereocenters. The first-order valence-corrected chi connectivity index (χ1v) is 6.39. The maximum Gasteiger partial charge on any atom is 0.123 e. The second kappa shape index (κ2) is 4.42. The first kappa shape index (κ1) is 12.3. The van der Waals surface area contributed by atoms with Crippen molar-refractivity contribution in [3.05, 3.63) is 71.3 Å². The first-order valence-electron chi connectivity index (χ1n) is 6.39. The highest BCUT2D eigenvalue weighted by Crippen LogP contribution is 2.58. The molecule has 0 amide bonds. The van der Waals surface area contributed by atoms with E-state index in [0.29, 0.717) is 12.5 Å². The standard InChI is InChI=1S/C16H15F2N/c17-14-5-1-11(2-6-14)16(9-13(16)10-19)12-3-7-15(18)8-4-12/h1-8,13H,9-10,19H2. The highest BCUT2D eigenvalue weighted by atomic mass is 19.1. The molecule has 0 aliphatic heterocycles. The zero-order chi connectivity index (χ0) is 13.5. The molecular formula is C16H15F2N. The van der Waals surface area contributed by atoms with E-state index >= 15 is 0 Å². The van der Waals surface area contributed by atoms with E-state index in [4.69, 9.17) is 5.73 Å². The van der Waals surface area contributed by atoms with E-state index < -0.39 is 0 Å². The molecule has 3 rings (SSSR count). The zero-order valence-corrected chi connectivity index (χ0v) is 10.4. The summed E-state index contributed by atoms with van der Waals surface area (Å²) in [6.45, 7) is 0.578. The molecule has 0 bridgehead atoms. The molecule has 1 aliphatic carbocycles. The van der Waals surface area contributed by atoms with E-state index in [9.17, 15) is 8.78 Å². The molecule has 19 heavy (non-hydrogen) atoms. The van der Waals surface area contributed by atoms with Crippen molar-refractivity contribution in [3.8, 4) is 0 Å². The van der Waals surface area contributed by atoms with Crippen molar-refractivity contribution in [2.75, 3.05) is 6.54 Å². The quantitative estimate of drug-likeness (QED) is 0.899. The van der Waals surface area contributed by atoms with Crippen molar-refractivity contribution in [2.45, 2.75) is 11.8 Å². The molecule has 2 N–H and O–H groups in total. The van der Waals surface area contributed by atoms with E-state index in [-0.39, 0.29) is 17.0 Å². The van der Waals surface area contributed by atoms with Gasteiger partial charge in [0, 0.05) is 5.41 Å². The van der Waals surface area contributed by atoms with Crippen LogP contribution >= 0.6 is 0 Å².